The van der Waals surface area contributed by atoms with Crippen molar-refractivity contribution < 1.29 is 14.6 Å². The quantitative estimate of drug-likeness (QED) is 0.244. The van der Waals surface area contributed by atoms with Crippen LogP contribution in [0, 0.1) is 4.91 Å². The van der Waals surface area contributed by atoms with E-state index in [-0.39, 0.29) is 23.0 Å². The molecule has 0 aliphatic carbocycles. The van der Waals surface area contributed by atoms with Gasteiger partial charge in [-0.05, 0) is 28.9 Å². The first-order valence-electron chi connectivity index (χ1n) is 10.4. The fourth-order valence-electron chi connectivity index (χ4n) is 3.74. The number of ether oxygens (including phenoxy) is 1. The summed E-state index contributed by atoms with van der Waals surface area (Å²) in [6.07, 6.45) is 0.345. The first-order valence-corrected chi connectivity index (χ1v) is 10.4. The molecule has 33 heavy (non-hydrogen) atoms. The summed E-state index contributed by atoms with van der Waals surface area (Å²) in [6.45, 7) is 0. The van der Waals surface area contributed by atoms with Gasteiger partial charge in [-0.15, -0.1) is 4.91 Å². The van der Waals surface area contributed by atoms with Crippen LogP contribution in [-0.4, -0.2) is 24.2 Å². The Kier molecular flexibility index (Phi) is 6.50. The van der Waals surface area contributed by atoms with Crippen LogP contribution in [0.1, 0.15) is 5.56 Å². The van der Waals surface area contributed by atoms with E-state index in [2.05, 4.69) is 15.8 Å². The third-order valence-electron chi connectivity index (χ3n) is 5.39. The molecule has 1 amide bonds. The van der Waals surface area contributed by atoms with Crippen molar-refractivity contribution in [2.24, 2.45) is 5.18 Å². The Morgan fingerprint density at radius 2 is 1.61 bits per heavy atom. The molecule has 3 N–H and O–H groups in total. The van der Waals surface area contributed by atoms with Crippen molar-refractivity contribution in [2.45, 2.75) is 12.5 Å². The minimum atomic E-state index is -0.760. The second kappa shape index (κ2) is 9.82. The van der Waals surface area contributed by atoms with Crippen LogP contribution in [0.3, 0.4) is 0 Å². The average Bonchev–Trinajstić information content (AvgIpc) is 2.86. The first-order chi connectivity index (χ1) is 16.1. The normalized spacial score (nSPS) is 11.5. The highest BCUT2D eigenvalue weighted by molar-refractivity contribution is 6.03. The van der Waals surface area contributed by atoms with E-state index >= 15 is 0 Å². The number of methoxy groups -OCH3 is 1. The van der Waals surface area contributed by atoms with Crippen LogP contribution in [0.5, 0.6) is 11.5 Å². The van der Waals surface area contributed by atoms with Crippen molar-refractivity contribution >= 4 is 33.7 Å². The van der Waals surface area contributed by atoms with Crippen LogP contribution >= 0.6 is 0 Å². The summed E-state index contributed by atoms with van der Waals surface area (Å²) in [4.78, 5) is 24.8. The van der Waals surface area contributed by atoms with E-state index in [0.717, 1.165) is 5.56 Å². The Hall–Kier alpha value is -4.39. The molecule has 1 atom stereocenters. The van der Waals surface area contributed by atoms with Crippen LogP contribution < -0.4 is 15.4 Å². The van der Waals surface area contributed by atoms with E-state index in [4.69, 9.17) is 4.74 Å². The summed E-state index contributed by atoms with van der Waals surface area (Å²) in [6, 6.07) is 24.3. The summed E-state index contributed by atoms with van der Waals surface area (Å²) < 4.78 is 5.34. The Labute approximate surface area is 191 Å². The monoisotopic (exact) mass is 441 g/mol. The van der Waals surface area contributed by atoms with Gasteiger partial charge in [0.2, 0.25) is 5.91 Å². The summed E-state index contributed by atoms with van der Waals surface area (Å²) in [5.74, 6) is 0.156. The molecule has 7 nitrogen and oxygen atoms in total. The molecular weight excluding hydrogens is 418 g/mol. The highest BCUT2D eigenvalue weighted by atomic mass is 16.5. The molecule has 0 spiro atoms. The van der Waals surface area contributed by atoms with Gasteiger partial charge in [0.15, 0.2) is 0 Å². The number of rotatable bonds is 8. The number of carbonyl (C=O) groups is 1. The highest BCUT2D eigenvalue weighted by Crippen LogP contribution is 2.39. The minimum Gasteiger partial charge on any atom is -0.505 e. The van der Waals surface area contributed by atoms with Crippen molar-refractivity contribution in [3.05, 3.63) is 95.4 Å². The van der Waals surface area contributed by atoms with E-state index in [1.807, 2.05) is 36.4 Å². The minimum absolute atomic E-state index is 0.0545. The number of phenols is 1. The summed E-state index contributed by atoms with van der Waals surface area (Å²) in [7, 11) is 1.53. The molecule has 0 unspecified atom stereocenters. The van der Waals surface area contributed by atoms with Crippen LogP contribution in [0.4, 0.5) is 17.1 Å². The molecule has 7 heteroatoms. The fraction of sp³-hybridized carbons (Fsp3) is 0.115. The zero-order chi connectivity index (χ0) is 23.2. The maximum absolute atomic E-state index is 13.3. The molecule has 4 aromatic carbocycles. The Morgan fingerprint density at radius 1 is 0.939 bits per heavy atom. The first kappa shape index (κ1) is 21.8. The molecule has 0 bridgehead atoms. The Morgan fingerprint density at radius 3 is 2.33 bits per heavy atom. The van der Waals surface area contributed by atoms with Gasteiger partial charge in [-0.2, -0.15) is 0 Å². The van der Waals surface area contributed by atoms with Crippen LogP contribution in [0.25, 0.3) is 10.8 Å². The predicted octanol–water partition coefficient (Wildman–Crippen LogP) is 5.61. The van der Waals surface area contributed by atoms with E-state index in [0.29, 0.717) is 28.6 Å². The van der Waals surface area contributed by atoms with Gasteiger partial charge in [0.05, 0.1) is 18.5 Å². The van der Waals surface area contributed by atoms with E-state index < -0.39 is 6.04 Å². The zero-order valence-electron chi connectivity index (χ0n) is 18.0. The number of nitrogens with one attached hydrogen (secondary N) is 2. The lowest BCUT2D eigenvalue weighted by Crippen LogP contribution is -2.36. The Bertz CT molecular complexity index is 1290. The highest BCUT2D eigenvalue weighted by Gasteiger charge is 2.23. The predicted molar refractivity (Wildman–Crippen MR) is 130 cm³/mol. The third-order valence-corrected chi connectivity index (χ3v) is 5.39. The number of para-hydroxylation sites is 2. The fourth-order valence-corrected chi connectivity index (χ4v) is 3.74. The standard InChI is InChI=1S/C26H23N3O4/c1-33-24-14-8-7-13-20(24)28-26(31)23(15-17-9-3-2-4-10-17)27-22-16-21(29-32)18-11-5-6-12-19(18)25(22)30/h2-14,16,23,27,30H,15H2,1H3,(H,28,31)/t23-/m1/s1. The number of aromatic hydroxyl groups is 1. The lowest BCUT2D eigenvalue weighted by atomic mass is 10.0. The van der Waals surface area contributed by atoms with Gasteiger partial charge in [-0.25, -0.2) is 0 Å². The van der Waals surface area contributed by atoms with Gasteiger partial charge in [-0.3, -0.25) is 4.79 Å². The van der Waals surface area contributed by atoms with Gasteiger partial charge in [-0.1, -0.05) is 66.7 Å². The summed E-state index contributed by atoms with van der Waals surface area (Å²) >= 11 is 0. The van der Waals surface area contributed by atoms with Crippen LogP contribution in [-0.2, 0) is 11.2 Å². The molecular formula is C26H23N3O4. The molecule has 0 aliphatic heterocycles. The third kappa shape index (κ3) is 4.77. The van der Waals surface area contributed by atoms with Crippen LogP contribution in [0.2, 0.25) is 0 Å². The largest absolute Gasteiger partial charge is 0.505 e. The number of carbonyl (C=O) groups excluding carboxylic acids is 1. The SMILES string of the molecule is COc1ccccc1NC(=O)[C@@H](Cc1ccccc1)Nc1cc(N=O)c2ccccc2c1O. The number of benzene rings is 4. The van der Waals surface area contributed by atoms with Gasteiger partial charge in [0, 0.05) is 17.2 Å². The maximum Gasteiger partial charge on any atom is 0.247 e. The van der Waals surface area contributed by atoms with Crippen LogP contribution in [0.15, 0.2) is 90.1 Å². The second-order valence-corrected chi connectivity index (χ2v) is 7.50. The molecule has 0 aromatic heterocycles. The van der Waals surface area contributed by atoms with Crippen molar-refractivity contribution in [2.75, 3.05) is 17.7 Å². The molecule has 0 fully saturated rings. The number of hydrogen-bond acceptors (Lipinski definition) is 6. The second-order valence-electron chi connectivity index (χ2n) is 7.50. The van der Waals surface area contributed by atoms with Crippen molar-refractivity contribution in [1.29, 1.82) is 0 Å². The van der Waals surface area contributed by atoms with Crippen molar-refractivity contribution in [1.82, 2.24) is 0 Å². The Balaban J connectivity index is 1.70. The molecule has 0 radical (unpaired) electrons. The summed E-state index contributed by atoms with van der Waals surface area (Å²) in [5, 5.41) is 21.0. The number of anilines is 2. The molecule has 4 rings (SSSR count). The number of nitroso groups, excluding NO2 is 1. The molecule has 166 valence electrons. The zero-order valence-corrected chi connectivity index (χ0v) is 18.0. The average molecular weight is 441 g/mol. The van der Waals surface area contributed by atoms with Gasteiger partial charge in [0.1, 0.15) is 23.2 Å². The lowest BCUT2D eigenvalue weighted by molar-refractivity contribution is -0.116. The van der Waals surface area contributed by atoms with Crippen molar-refractivity contribution in [3.63, 3.8) is 0 Å². The number of nitrogens with zero attached hydrogens (tertiary/aromatic N) is 1. The number of hydrogen-bond donors (Lipinski definition) is 3. The van der Waals surface area contributed by atoms with Gasteiger partial charge in [0.25, 0.3) is 0 Å². The number of fused-ring (bicyclic) bond motifs is 1. The molecule has 0 heterocycles. The lowest BCUT2D eigenvalue weighted by Gasteiger charge is -2.22. The molecule has 0 saturated carbocycles. The number of phenolic OH excluding ortho intramolecular Hbond substituents is 1. The summed E-state index contributed by atoms with van der Waals surface area (Å²) in [5.41, 5.74) is 1.89. The molecule has 0 aliphatic rings. The van der Waals surface area contributed by atoms with Gasteiger partial charge >= 0.3 is 0 Å². The topological polar surface area (TPSA) is 100 Å². The smallest absolute Gasteiger partial charge is 0.247 e. The molecule has 4 aromatic rings. The molecule has 0 saturated heterocycles. The van der Waals surface area contributed by atoms with Gasteiger partial charge < -0.3 is 20.5 Å². The van der Waals surface area contributed by atoms with Crippen molar-refractivity contribution in [3.8, 4) is 11.5 Å². The number of amides is 1. The van der Waals surface area contributed by atoms with E-state index in [1.54, 1.807) is 42.5 Å². The maximum atomic E-state index is 13.3. The van der Waals surface area contributed by atoms with E-state index in [9.17, 15) is 14.8 Å². The van der Waals surface area contributed by atoms with E-state index in [1.165, 1.54) is 13.2 Å².